The minimum Gasteiger partial charge on any atom is -0.462 e. The summed E-state index contributed by atoms with van der Waals surface area (Å²) in [6.07, 6.45) is 69.7. The van der Waals surface area contributed by atoms with Crippen molar-refractivity contribution in [1.29, 1.82) is 0 Å². The Morgan fingerprint density at radius 2 is 0.569 bits per heavy atom. The zero-order chi connectivity index (χ0) is 47.2. The second-order valence-corrected chi connectivity index (χ2v) is 17.4. The summed E-state index contributed by atoms with van der Waals surface area (Å²) in [6, 6.07) is 0. The fourth-order valence-electron chi connectivity index (χ4n) is 6.97. The van der Waals surface area contributed by atoms with E-state index in [1.165, 1.54) is 109 Å². The molecule has 1 atom stereocenters. The lowest BCUT2D eigenvalue weighted by atomic mass is 10.1. The van der Waals surface area contributed by atoms with E-state index in [2.05, 4.69) is 118 Å². The van der Waals surface area contributed by atoms with Gasteiger partial charge in [0.1, 0.15) is 13.2 Å². The minimum absolute atomic E-state index is 0.125. The molecule has 0 bridgehead atoms. The van der Waals surface area contributed by atoms with Gasteiger partial charge in [-0.25, -0.2) is 0 Å². The molecule has 0 heterocycles. The number of unbranched alkanes of at least 4 members (excludes halogenated alkanes) is 20. The molecule has 0 radical (unpaired) electrons. The van der Waals surface area contributed by atoms with Gasteiger partial charge >= 0.3 is 17.9 Å². The van der Waals surface area contributed by atoms with Gasteiger partial charge in [0.05, 0.1) is 0 Å². The van der Waals surface area contributed by atoms with Crippen molar-refractivity contribution in [1.82, 2.24) is 0 Å². The number of carbonyl (C=O) groups excluding carboxylic acids is 3. The molecule has 0 rings (SSSR count). The Hall–Kier alpha value is -3.67. The smallest absolute Gasteiger partial charge is 0.306 e. The van der Waals surface area contributed by atoms with Crippen LogP contribution >= 0.6 is 0 Å². The molecule has 0 aliphatic rings. The molecular formula is C59H98O6. The monoisotopic (exact) mass is 903 g/mol. The summed E-state index contributed by atoms with van der Waals surface area (Å²) in [5, 5.41) is 0. The maximum atomic E-state index is 12.8. The first-order valence-corrected chi connectivity index (χ1v) is 26.7. The van der Waals surface area contributed by atoms with Gasteiger partial charge in [0.25, 0.3) is 0 Å². The van der Waals surface area contributed by atoms with Crippen LogP contribution in [-0.2, 0) is 28.6 Å². The third-order valence-corrected chi connectivity index (χ3v) is 11.0. The van der Waals surface area contributed by atoms with Crippen LogP contribution in [-0.4, -0.2) is 37.2 Å². The Morgan fingerprint density at radius 1 is 0.308 bits per heavy atom. The van der Waals surface area contributed by atoms with Crippen LogP contribution in [0.25, 0.3) is 0 Å². The van der Waals surface area contributed by atoms with Gasteiger partial charge in [-0.15, -0.1) is 0 Å². The van der Waals surface area contributed by atoms with Gasteiger partial charge in [-0.3, -0.25) is 14.4 Å². The molecule has 0 aromatic rings. The van der Waals surface area contributed by atoms with Crippen LogP contribution in [0.5, 0.6) is 0 Å². The molecule has 6 heteroatoms. The minimum atomic E-state index is -0.824. The third kappa shape index (κ3) is 51.2. The van der Waals surface area contributed by atoms with E-state index in [-0.39, 0.29) is 44.0 Å². The lowest BCUT2D eigenvalue weighted by molar-refractivity contribution is -0.167. The van der Waals surface area contributed by atoms with Gasteiger partial charge in [-0.1, -0.05) is 201 Å². The predicted octanol–water partition coefficient (Wildman–Crippen LogP) is 17.8. The van der Waals surface area contributed by atoms with Crippen LogP contribution in [0.3, 0.4) is 0 Å². The van der Waals surface area contributed by atoms with Crippen molar-refractivity contribution >= 4 is 17.9 Å². The van der Waals surface area contributed by atoms with Gasteiger partial charge in [-0.2, -0.15) is 0 Å². The zero-order valence-corrected chi connectivity index (χ0v) is 42.2. The fraction of sp³-hybridized carbons (Fsp3) is 0.678. The Balaban J connectivity index is 4.56. The molecule has 0 saturated heterocycles. The van der Waals surface area contributed by atoms with E-state index in [4.69, 9.17) is 14.2 Å². The predicted molar refractivity (Wildman–Crippen MR) is 279 cm³/mol. The van der Waals surface area contributed by atoms with Gasteiger partial charge in [-0.05, 0) is 116 Å². The molecular weight excluding hydrogens is 805 g/mol. The number of esters is 3. The molecule has 0 aromatic carbocycles. The van der Waals surface area contributed by atoms with E-state index in [1.54, 1.807) is 0 Å². The Bertz CT molecular complexity index is 1310. The van der Waals surface area contributed by atoms with Gasteiger partial charge in [0.2, 0.25) is 0 Å². The first kappa shape index (κ1) is 61.3. The molecule has 0 unspecified atom stereocenters. The maximum Gasteiger partial charge on any atom is 0.306 e. The molecule has 370 valence electrons. The number of hydrogen-bond donors (Lipinski definition) is 0. The fourth-order valence-corrected chi connectivity index (χ4v) is 6.97. The molecule has 0 saturated carbocycles. The Labute approximate surface area is 400 Å². The van der Waals surface area contributed by atoms with Crippen molar-refractivity contribution in [3.05, 3.63) is 97.2 Å². The zero-order valence-electron chi connectivity index (χ0n) is 42.2. The second-order valence-electron chi connectivity index (χ2n) is 17.4. The SMILES string of the molecule is CCCCC/C=C\C/C=C\C/C=C\C/C=C\CCCC(=O)OC[C@H](COC(=O)CCC/C=C\C/C=C\C/C=C\CCCCCCCC)OC(=O)CCCCCCC/C=C\CCCCCC. The summed E-state index contributed by atoms with van der Waals surface area (Å²) in [5.41, 5.74) is 0. The van der Waals surface area contributed by atoms with Crippen molar-refractivity contribution in [2.45, 2.75) is 245 Å². The van der Waals surface area contributed by atoms with E-state index in [0.29, 0.717) is 19.3 Å². The highest BCUT2D eigenvalue weighted by Crippen LogP contribution is 2.12. The van der Waals surface area contributed by atoms with Crippen molar-refractivity contribution < 1.29 is 28.6 Å². The van der Waals surface area contributed by atoms with Gasteiger partial charge < -0.3 is 14.2 Å². The number of allylic oxidation sites excluding steroid dienone is 16. The van der Waals surface area contributed by atoms with E-state index < -0.39 is 6.10 Å². The average molecular weight is 903 g/mol. The first-order chi connectivity index (χ1) is 32.0. The van der Waals surface area contributed by atoms with Crippen molar-refractivity contribution in [2.24, 2.45) is 0 Å². The maximum absolute atomic E-state index is 12.8. The number of hydrogen-bond acceptors (Lipinski definition) is 6. The highest BCUT2D eigenvalue weighted by molar-refractivity contribution is 5.71. The van der Waals surface area contributed by atoms with Crippen LogP contribution in [0, 0.1) is 0 Å². The van der Waals surface area contributed by atoms with Crippen LogP contribution < -0.4 is 0 Å². The average Bonchev–Trinajstić information content (AvgIpc) is 3.30. The highest BCUT2D eigenvalue weighted by atomic mass is 16.6. The number of carbonyl (C=O) groups is 3. The van der Waals surface area contributed by atoms with Crippen molar-refractivity contribution in [3.63, 3.8) is 0 Å². The van der Waals surface area contributed by atoms with Crippen molar-refractivity contribution in [3.8, 4) is 0 Å². The quantitative estimate of drug-likeness (QED) is 0.0262. The molecule has 0 amide bonds. The van der Waals surface area contributed by atoms with Crippen LogP contribution in [0.15, 0.2) is 97.2 Å². The summed E-state index contributed by atoms with van der Waals surface area (Å²) in [4.78, 5) is 38.0. The standard InChI is InChI=1S/C59H98O6/c1-4-7-10-13-16-19-22-25-27-29-31-34-36-39-42-45-48-51-57(60)63-54-56(65-59(62)53-50-47-44-41-38-33-24-21-18-15-12-9-6-3)55-64-58(61)52-49-46-43-40-37-35-32-30-28-26-23-20-17-14-11-8-5-2/h16,19,21,24-28,31-32,34-35,39-40,42-43,56H,4-15,17-18,20,22-23,29-30,33,36-38,41,44-55H2,1-3H3/b19-16-,24-21-,27-25-,28-26-,34-31-,35-32-,42-39-,43-40-/t56-/m1/s1. The first-order valence-electron chi connectivity index (χ1n) is 26.7. The molecule has 0 aliphatic carbocycles. The number of ether oxygens (including phenoxy) is 3. The largest absolute Gasteiger partial charge is 0.462 e. The normalized spacial score (nSPS) is 12.8. The van der Waals surface area contributed by atoms with E-state index in [9.17, 15) is 14.4 Å². The Kier molecular flexibility index (Phi) is 50.0. The lowest BCUT2D eigenvalue weighted by Gasteiger charge is -2.18. The Morgan fingerprint density at radius 3 is 0.969 bits per heavy atom. The molecule has 65 heavy (non-hydrogen) atoms. The van der Waals surface area contributed by atoms with Gasteiger partial charge in [0.15, 0.2) is 6.10 Å². The summed E-state index contributed by atoms with van der Waals surface area (Å²) in [7, 11) is 0. The van der Waals surface area contributed by atoms with E-state index in [0.717, 1.165) is 77.0 Å². The third-order valence-electron chi connectivity index (χ3n) is 11.0. The molecule has 0 fully saturated rings. The molecule has 0 aromatic heterocycles. The van der Waals surface area contributed by atoms with Gasteiger partial charge in [0, 0.05) is 19.3 Å². The van der Waals surface area contributed by atoms with E-state index >= 15 is 0 Å². The highest BCUT2D eigenvalue weighted by Gasteiger charge is 2.19. The molecule has 0 N–H and O–H groups in total. The second kappa shape index (κ2) is 52.9. The van der Waals surface area contributed by atoms with E-state index in [1.807, 2.05) is 0 Å². The summed E-state index contributed by atoms with van der Waals surface area (Å²) < 4.78 is 16.7. The number of rotatable bonds is 47. The molecule has 0 spiro atoms. The topological polar surface area (TPSA) is 78.9 Å². The summed E-state index contributed by atoms with van der Waals surface area (Å²) in [5.74, 6) is -1.04. The molecule has 0 aliphatic heterocycles. The van der Waals surface area contributed by atoms with Crippen LogP contribution in [0.4, 0.5) is 0 Å². The molecule has 6 nitrogen and oxygen atoms in total. The van der Waals surface area contributed by atoms with Crippen molar-refractivity contribution in [2.75, 3.05) is 13.2 Å². The van der Waals surface area contributed by atoms with Crippen LogP contribution in [0.1, 0.15) is 239 Å². The van der Waals surface area contributed by atoms with Crippen LogP contribution in [0.2, 0.25) is 0 Å². The lowest BCUT2D eigenvalue weighted by Crippen LogP contribution is -2.30. The summed E-state index contributed by atoms with van der Waals surface area (Å²) in [6.45, 7) is 6.48. The summed E-state index contributed by atoms with van der Waals surface area (Å²) >= 11 is 0.